The number of anilines is 2. The first kappa shape index (κ1) is 10.2. The number of nitrogens with one attached hydrogen (secondary N) is 1. The lowest BCUT2D eigenvalue weighted by Crippen LogP contribution is -2.51. The first-order chi connectivity index (χ1) is 8.13. The molecule has 3 rings (SSSR count). The molecule has 3 N–H and O–H groups in total. The van der Waals surface area contributed by atoms with Gasteiger partial charge in [-0.3, -0.25) is 14.9 Å². The smallest absolute Gasteiger partial charge is 0.265 e. The molecule has 1 aromatic rings. The summed E-state index contributed by atoms with van der Waals surface area (Å²) in [6, 6.07) is 0. The van der Waals surface area contributed by atoms with Crippen LogP contribution in [0, 0.1) is 5.41 Å². The van der Waals surface area contributed by atoms with Crippen LogP contribution in [0.4, 0.5) is 11.9 Å². The molecule has 1 aliphatic carbocycles. The van der Waals surface area contributed by atoms with Crippen molar-refractivity contribution in [3.05, 3.63) is 0 Å². The number of hydrogen-bond donors (Lipinski definition) is 2. The van der Waals surface area contributed by atoms with Crippen molar-refractivity contribution in [3.8, 4) is 0 Å². The van der Waals surface area contributed by atoms with Gasteiger partial charge in [0.1, 0.15) is 5.41 Å². The zero-order valence-electron chi connectivity index (χ0n) is 9.27. The SMILES string of the molecule is Nc1nc2n(n1)C(=O)C1(CCCCC1)C(=O)N2. The van der Waals surface area contributed by atoms with Gasteiger partial charge in [0, 0.05) is 0 Å². The fourth-order valence-corrected chi connectivity index (χ4v) is 2.67. The Balaban J connectivity index is 2.08. The number of nitrogens with zero attached hydrogens (tertiary/aromatic N) is 3. The molecule has 90 valence electrons. The van der Waals surface area contributed by atoms with Crippen molar-refractivity contribution in [2.75, 3.05) is 11.1 Å². The summed E-state index contributed by atoms with van der Waals surface area (Å²) in [6.07, 6.45) is 4.00. The van der Waals surface area contributed by atoms with E-state index in [1.54, 1.807) is 0 Å². The maximum Gasteiger partial charge on any atom is 0.265 e. The molecule has 0 bridgehead atoms. The molecule has 1 saturated carbocycles. The number of carbonyl (C=O) groups is 2. The molecule has 0 unspecified atom stereocenters. The molecule has 7 heteroatoms. The van der Waals surface area contributed by atoms with Gasteiger partial charge in [-0.05, 0) is 12.8 Å². The number of aromatic nitrogens is 3. The summed E-state index contributed by atoms with van der Waals surface area (Å²) in [5, 5.41) is 6.46. The van der Waals surface area contributed by atoms with Crippen LogP contribution in [0.2, 0.25) is 0 Å². The molecule has 1 amide bonds. The Morgan fingerprint density at radius 3 is 2.65 bits per heavy atom. The number of nitrogen functional groups attached to an aromatic ring is 1. The molecule has 7 nitrogen and oxygen atoms in total. The van der Waals surface area contributed by atoms with E-state index in [-0.39, 0.29) is 23.7 Å². The molecule has 17 heavy (non-hydrogen) atoms. The molecule has 0 aromatic carbocycles. The van der Waals surface area contributed by atoms with E-state index in [1.807, 2.05) is 0 Å². The lowest BCUT2D eigenvalue weighted by molar-refractivity contribution is -0.125. The second-order valence-electron chi connectivity index (χ2n) is 4.61. The first-order valence-electron chi connectivity index (χ1n) is 5.72. The fraction of sp³-hybridized carbons (Fsp3) is 0.600. The largest absolute Gasteiger partial charge is 0.366 e. The Hall–Kier alpha value is -1.92. The van der Waals surface area contributed by atoms with Crippen LogP contribution in [-0.2, 0) is 4.79 Å². The third kappa shape index (κ3) is 1.28. The minimum absolute atomic E-state index is 0.00140. The number of nitrogens with two attached hydrogens (primary N) is 1. The zero-order chi connectivity index (χ0) is 12.0. The highest BCUT2D eigenvalue weighted by Crippen LogP contribution is 2.41. The summed E-state index contributed by atoms with van der Waals surface area (Å²) in [6.45, 7) is 0. The van der Waals surface area contributed by atoms with E-state index in [1.165, 1.54) is 0 Å². The fourth-order valence-electron chi connectivity index (χ4n) is 2.67. The van der Waals surface area contributed by atoms with E-state index in [2.05, 4.69) is 15.4 Å². The van der Waals surface area contributed by atoms with Crippen molar-refractivity contribution in [2.45, 2.75) is 32.1 Å². The van der Waals surface area contributed by atoms with Crippen LogP contribution in [0.1, 0.15) is 36.9 Å². The van der Waals surface area contributed by atoms with Crippen molar-refractivity contribution in [1.29, 1.82) is 0 Å². The number of amides is 1. The molecule has 0 atom stereocenters. The van der Waals surface area contributed by atoms with Gasteiger partial charge < -0.3 is 5.73 Å². The molecule has 0 radical (unpaired) electrons. The lowest BCUT2D eigenvalue weighted by Gasteiger charge is -2.36. The molecular formula is C10H13N5O2. The Kier molecular flexibility index (Phi) is 1.98. The highest BCUT2D eigenvalue weighted by atomic mass is 16.2. The number of carbonyl (C=O) groups excluding carboxylic acids is 2. The van der Waals surface area contributed by atoms with Gasteiger partial charge in [0.2, 0.25) is 17.8 Å². The Morgan fingerprint density at radius 2 is 1.94 bits per heavy atom. The normalized spacial score (nSPS) is 22.4. The maximum absolute atomic E-state index is 12.4. The predicted molar refractivity (Wildman–Crippen MR) is 59.2 cm³/mol. The van der Waals surface area contributed by atoms with Crippen molar-refractivity contribution < 1.29 is 9.59 Å². The minimum Gasteiger partial charge on any atom is -0.366 e. The second kappa shape index (κ2) is 3.28. The van der Waals surface area contributed by atoms with Crippen LogP contribution >= 0.6 is 0 Å². The standard InChI is InChI=1S/C10H13N5O2/c11-8-13-9-12-6(16)10(4-2-1-3-5-10)7(17)15(9)14-8/h1-5H2,(H3,11,12,13,14,16). The maximum atomic E-state index is 12.4. The minimum atomic E-state index is -0.953. The average Bonchev–Trinajstić information content (AvgIpc) is 2.69. The molecule has 1 fully saturated rings. The molecule has 1 aromatic heterocycles. The molecular weight excluding hydrogens is 222 g/mol. The first-order valence-corrected chi connectivity index (χ1v) is 5.72. The van der Waals surface area contributed by atoms with Crippen LogP contribution in [-0.4, -0.2) is 26.6 Å². The van der Waals surface area contributed by atoms with Gasteiger partial charge in [0.25, 0.3) is 5.91 Å². The van der Waals surface area contributed by atoms with Crippen molar-refractivity contribution in [2.24, 2.45) is 5.41 Å². The van der Waals surface area contributed by atoms with Crippen LogP contribution in [0.15, 0.2) is 0 Å². The highest BCUT2D eigenvalue weighted by Gasteiger charge is 2.51. The highest BCUT2D eigenvalue weighted by molar-refractivity contribution is 6.14. The third-order valence-electron chi connectivity index (χ3n) is 3.59. The monoisotopic (exact) mass is 235 g/mol. The van der Waals surface area contributed by atoms with E-state index in [4.69, 9.17) is 5.73 Å². The number of rotatable bonds is 0. The summed E-state index contributed by atoms with van der Waals surface area (Å²) in [5.41, 5.74) is 4.48. The average molecular weight is 235 g/mol. The Morgan fingerprint density at radius 1 is 1.24 bits per heavy atom. The van der Waals surface area contributed by atoms with Crippen molar-refractivity contribution in [1.82, 2.24) is 14.8 Å². The summed E-state index contributed by atoms with van der Waals surface area (Å²) in [5.74, 6) is -0.419. The van der Waals surface area contributed by atoms with Crippen LogP contribution in [0.3, 0.4) is 0 Å². The number of hydrogen-bond acceptors (Lipinski definition) is 5. The van der Waals surface area contributed by atoms with Gasteiger partial charge in [0.05, 0.1) is 0 Å². The Bertz CT molecular complexity index is 501. The summed E-state index contributed by atoms with van der Waals surface area (Å²) in [4.78, 5) is 28.3. The van der Waals surface area contributed by atoms with E-state index in [0.717, 1.165) is 23.9 Å². The van der Waals surface area contributed by atoms with Crippen LogP contribution in [0.25, 0.3) is 0 Å². The lowest BCUT2D eigenvalue weighted by atomic mass is 9.72. The second-order valence-corrected chi connectivity index (χ2v) is 4.61. The van der Waals surface area contributed by atoms with Crippen molar-refractivity contribution >= 4 is 23.7 Å². The van der Waals surface area contributed by atoms with Gasteiger partial charge in [-0.1, -0.05) is 19.3 Å². The predicted octanol–water partition coefficient (Wildman–Crippen LogP) is 0.403. The number of fused-ring (bicyclic) bond motifs is 1. The third-order valence-corrected chi connectivity index (χ3v) is 3.59. The summed E-state index contributed by atoms with van der Waals surface area (Å²) >= 11 is 0. The summed E-state index contributed by atoms with van der Waals surface area (Å²) < 4.78 is 1.13. The van der Waals surface area contributed by atoms with Gasteiger partial charge in [-0.25, -0.2) is 0 Å². The van der Waals surface area contributed by atoms with Crippen molar-refractivity contribution in [3.63, 3.8) is 0 Å². The Labute approximate surface area is 97.4 Å². The molecule has 0 saturated heterocycles. The molecule has 2 aliphatic rings. The van der Waals surface area contributed by atoms with Crippen LogP contribution < -0.4 is 11.1 Å². The molecule has 2 heterocycles. The van der Waals surface area contributed by atoms with E-state index in [9.17, 15) is 9.59 Å². The van der Waals surface area contributed by atoms with Crippen LogP contribution in [0.5, 0.6) is 0 Å². The topological polar surface area (TPSA) is 103 Å². The van der Waals surface area contributed by atoms with E-state index >= 15 is 0 Å². The van der Waals surface area contributed by atoms with Gasteiger partial charge in [-0.15, -0.1) is 5.10 Å². The van der Waals surface area contributed by atoms with Gasteiger partial charge in [-0.2, -0.15) is 9.67 Å². The van der Waals surface area contributed by atoms with Gasteiger partial charge >= 0.3 is 0 Å². The summed E-state index contributed by atoms with van der Waals surface area (Å²) in [7, 11) is 0. The van der Waals surface area contributed by atoms with E-state index < -0.39 is 5.41 Å². The van der Waals surface area contributed by atoms with E-state index in [0.29, 0.717) is 12.8 Å². The zero-order valence-corrected chi connectivity index (χ0v) is 9.27. The molecule has 1 aliphatic heterocycles. The van der Waals surface area contributed by atoms with Gasteiger partial charge in [0.15, 0.2) is 0 Å². The molecule has 1 spiro atoms. The quantitative estimate of drug-likeness (QED) is 0.634.